The van der Waals surface area contributed by atoms with Gasteiger partial charge in [-0.3, -0.25) is 10.1 Å². The van der Waals surface area contributed by atoms with Gasteiger partial charge in [0.2, 0.25) is 0 Å². The van der Waals surface area contributed by atoms with Gasteiger partial charge in [-0.1, -0.05) is 0 Å². The molecule has 3 amide bonds. The van der Waals surface area contributed by atoms with Crippen molar-refractivity contribution in [3.63, 3.8) is 0 Å². The van der Waals surface area contributed by atoms with E-state index in [9.17, 15) is 14.4 Å². The minimum Gasteiger partial charge on any atom is -0.451 e. The smallest absolute Gasteiger partial charge is 0.348 e. The van der Waals surface area contributed by atoms with Crippen LogP contribution in [-0.4, -0.2) is 30.1 Å². The van der Waals surface area contributed by atoms with Crippen LogP contribution in [0.4, 0.5) is 4.79 Å². The molecule has 0 saturated heterocycles. The van der Waals surface area contributed by atoms with Crippen LogP contribution in [0.15, 0.2) is 6.07 Å². The normalized spacial score (nSPS) is 31.8. The van der Waals surface area contributed by atoms with E-state index >= 15 is 0 Å². The summed E-state index contributed by atoms with van der Waals surface area (Å²) in [6.45, 7) is -0.435. The molecule has 29 heavy (non-hydrogen) atoms. The first kappa shape index (κ1) is 19.1. The quantitative estimate of drug-likeness (QED) is 0.735. The fraction of sp³-hybridized carbons (Fsp3) is 0.682. The summed E-state index contributed by atoms with van der Waals surface area (Å²) in [7, 11) is 0. The zero-order valence-corrected chi connectivity index (χ0v) is 17.4. The molecule has 2 N–H and O–H groups in total. The molecule has 5 aliphatic carbocycles. The largest absolute Gasteiger partial charge is 0.451 e. The number of carbonyl (C=O) groups is 3. The molecule has 7 heteroatoms. The SMILES string of the molecule is O=C(COC(=O)c1cc2c(s1)CCCC2)NC(=O)NC12CC3CC(CC(C3)C1)C2. The number of hydrogen-bond acceptors (Lipinski definition) is 5. The van der Waals surface area contributed by atoms with Crippen LogP contribution >= 0.6 is 11.3 Å². The third kappa shape index (κ3) is 3.93. The first-order chi connectivity index (χ1) is 14.0. The van der Waals surface area contributed by atoms with Gasteiger partial charge >= 0.3 is 12.0 Å². The molecule has 0 aromatic carbocycles. The number of aryl methyl sites for hydroxylation is 2. The van der Waals surface area contributed by atoms with Crippen molar-refractivity contribution in [1.29, 1.82) is 0 Å². The fourth-order valence-electron chi connectivity index (χ4n) is 6.49. The molecule has 156 valence electrons. The van der Waals surface area contributed by atoms with E-state index in [1.807, 2.05) is 6.07 Å². The number of nitrogens with one attached hydrogen (secondary N) is 2. The van der Waals surface area contributed by atoms with Gasteiger partial charge in [-0.2, -0.15) is 0 Å². The Morgan fingerprint density at radius 2 is 1.69 bits per heavy atom. The minimum absolute atomic E-state index is 0.147. The number of hydrogen-bond donors (Lipinski definition) is 2. The van der Waals surface area contributed by atoms with E-state index in [1.165, 1.54) is 41.0 Å². The van der Waals surface area contributed by atoms with Crippen LogP contribution in [0.2, 0.25) is 0 Å². The highest BCUT2D eigenvalue weighted by atomic mass is 32.1. The lowest BCUT2D eigenvalue weighted by Gasteiger charge is -2.56. The van der Waals surface area contributed by atoms with Gasteiger partial charge < -0.3 is 10.1 Å². The number of esters is 1. The highest BCUT2D eigenvalue weighted by molar-refractivity contribution is 7.14. The third-order valence-electron chi connectivity index (χ3n) is 7.20. The number of rotatable bonds is 4. The second kappa shape index (κ2) is 7.42. The van der Waals surface area contributed by atoms with Crippen molar-refractivity contribution in [2.24, 2.45) is 17.8 Å². The molecule has 0 unspecified atom stereocenters. The Bertz CT molecular complexity index is 787. The van der Waals surface area contributed by atoms with Crippen molar-refractivity contribution in [2.75, 3.05) is 6.61 Å². The van der Waals surface area contributed by atoms with E-state index in [4.69, 9.17) is 4.74 Å². The maximum atomic E-state index is 12.4. The van der Waals surface area contributed by atoms with Gasteiger partial charge in [0.15, 0.2) is 6.61 Å². The fourth-order valence-corrected chi connectivity index (χ4v) is 7.64. The predicted octanol–water partition coefficient (Wildman–Crippen LogP) is 3.58. The lowest BCUT2D eigenvalue weighted by Crippen LogP contribution is -2.62. The van der Waals surface area contributed by atoms with E-state index in [1.54, 1.807) is 0 Å². The van der Waals surface area contributed by atoms with Gasteiger partial charge in [-0.25, -0.2) is 9.59 Å². The summed E-state index contributed by atoms with van der Waals surface area (Å²) >= 11 is 1.46. The minimum atomic E-state index is -0.582. The summed E-state index contributed by atoms with van der Waals surface area (Å²) in [4.78, 5) is 38.6. The van der Waals surface area contributed by atoms with Crippen LogP contribution in [0.1, 0.15) is 71.5 Å². The average molecular weight is 417 g/mol. The predicted molar refractivity (Wildman–Crippen MR) is 109 cm³/mol. The molecule has 4 bridgehead atoms. The molecule has 4 fully saturated rings. The summed E-state index contributed by atoms with van der Waals surface area (Å²) in [5, 5.41) is 5.45. The molecule has 0 radical (unpaired) electrons. The summed E-state index contributed by atoms with van der Waals surface area (Å²) in [5.41, 5.74) is 1.08. The maximum Gasteiger partial charge on any atom is 0.348 e. The Morgan fingerprint density at radius 3 is 2.34 bits per heavy atom. The van der Waals surface area contributed by atoms with E-state index in [0.717, 1.165) is 62.7 Å². The molecule has 5 aliphatic rings. The van der Waals surface area contributed by atoms with Gasteiger partial charge in [0, 0.05) is 10.4 Å². The number of urea groups is 1. The van der Waals surface area contributed by atoms with E-state index in [-0.39, 0.29) is 5.54 Å². The summed E-state index contributed by atoms with van der Waals surface area (Å²) < 4.78 is 5.14. The molecule has 1 heterocycles. The Kier molecular flexibility index (Phi) is 4.88. The van der Waals surface area contributed by atoms with Crippen molar-refractivity contribution in [1.82, 2.24) is 10.6 Å². The number of ether oxygens (including phenoxy) is 1. The zero-order valence-electron chi connectivity index (χ0n) is 16.6. The number of imide groups is 1. The second-order valence-corrected chi connectivity index (χ2v) is 10.7. The van der Waals surface area contributed by atoms with E-state index in [0.29, 0.717) is 4.88 Å². The van der Waals surface area contributed by atoms with Crippen molar-refractivity contribution < 1.29 is 19.1 Å². The third-order valence-corrected chi connectivity index (χ3v) is 8.42. The first-order valence-electron chi connectivity index (χ1n) is 10.9. The van der Waals surface area contributed by atoms with Gasteiger partial charge in [-0.15, -0.1) is 11.3 Å². The van der Waals surface area contributed by atoms with Crippen LogP contribution < -0.4 is 10.6 Å². The van der Waals surface area contributed by atoms with E-state index < -0.39 is 24.5 Å². The van der Waals surface area contributed by atoms with Crippen LogP contribution in [0.5, 0.6) is 0 Å². The number of fused-ring (bicyclic) bond motifs is 1. The number of amides is 3. The molecule has 0 spiro atoms. The lowest BCUT2D eigenvalue weighted by molar-refractivity contribution is -0.123. The Labute approximate surface area is 174 Å². The number of thiophene rings is 1. The van der Waals surface area contributed by atoms with Crippen LogP contribution in [0.25, 0.3) is 0 Å². The summed E-state index contributed by atoms with van der Waals surface area (Å²) in [6.07, 6.45) is 11.3. The second-order valence-electron chi connectivity index (χ2n) is 9.54. The van der Waals surface area contributed by atoms with Gasteiger partial charge in [-0.05, 0) is 93.6 Å². The molecular formula is C22H28N2O4S. The Morgan fingerprint density at radius 1 is 1.03 bits per heavy atom. The van der Waals surface area contributed by atoms with Gasteiger partial charge in [0.25, 0.3) is 5.91 Å². The van der Waals surface area contributed by atoms with Gasteiger partial charge in [0.05, 0.1) is 0 Å². The molecule has 6 rings (SSSR count). The lowest BCUT2D eigenvalue weighted by atomic mass is 9.53. The molecule has 1 aromatic heterocycles. The molecule has 1 aromatic rings. The van der Waals surface area contributed by atoms with Crippen molar-refractivity contribution in [3.8, 4) is 0 Å². The Hall–Kier alpha value is -1.89. The highest BCUT2D eigenvalue weighted by Crippen LogP contribution is 2.55. The monoisotopic (exact) mass is 416 g/mol. The van der Waals surface area contributed by atoms with Crippen LogP contribution in [0.3, 0.4) is 0 Å². The van der Waals surface area contributed by atoms with Crippen molar-refractivity contribution in [2.45, 2.75) is 69.7 Å². The van der Waals surface area contributed by atoms with Crippen LogP contribution in [0, 0.1) is 17.8 Å². The van der Waals surface area contributed by atoms with Crippen molar-refractivity contribution in [3.05, 3.63) is 21.4 Å². The average Bonchev–Trinajstić information content (AvgIpc) is 3.08. The molecule has 0 aliphatic heterocycles. The first-order valence-corrected chi connectivity index (χ1v) is 11.7. The van der Waals surface area contributed by atoms with Crippen molar-refractivity contribution >= 4 is 29.2 Å². The van der Waals surface area contributed by atoms with E-state index in [2.05, 4.69) is 10.6 Å². The standard InChI is InChI=1S/C22H28N2O4S/c25-19(12-28-20(26)18-8-16-3-1-2-4-17(16)29-18)23-21(27)24-22-9-13-5-14(10-22)7-15(6-13)11-22/h8,13-15H,1-7,9-12H2,(H2,23,24,25,27). The van der Waals surface area contributed by atoms with Crippen LogP contribution in [-0.2, 0) is 22.4 Å². The molecule has 6 nitrogen and oxygen atoms in total. The van der Waals surface area contributed by atoms with Gasteiger partial charge in [0.1, 0.15) is 4.88 Å². The molecule has 0 atom stereocenters. The highest BCUT2D eigenvalue weighted by Gasteiger charge is 2.51. The summed E-state index contributed by atoms with van der Waals surface area (Å²) in [5.74, 6) is 1.09. The topological polar surface area (TPSA) is 84.5 Å². The maximum absolute atomic E-state index is 12.4. The Balaban J connectivity index is 1.11. The zero-order chi connectivity index (χ0) is 20.0. The summed E-state index contributed by atoms with van der Waals surface area (Å²) in [6, 6.07) is 1.43. The number of carbonyl (C=O) groups excluding carboxylic acids is 3. The molecule has 4 saturated carbocycles. The molecular weight excluding hydrogens is 388 g/mol.